The largest absolute Gasteiger partial charge is 0.481 e. The van der Waals surface area contributed by atoms with Gasteiger partial charge in [0.05, 0.1) is 5.92 Å². The summed E-state index contributed by atoms with van der Waals surface area (Å²) in [7, 11) is 0. The molecule has 0 bridgehead atoms. The van der Waals surface area contributed by atoms with Crippen molar-refractivity contribution in [1.82, 2.24) is 9.80 Å². The van der Waals surface area contributed by atoms with E-state index in [1.54, 1.807) is 11.0 Å². The third kappa shape index (κ3) is 3.23. The Balaban J connectivity index is 1.61. The van der Waals surface area contributed by atoms with Gasteiger partial charge in [-0.25, -0.2) is 0 Å². The van der Waals surface area contributed by atoms with E-state index in [0.29, 0.717) is 19.4 Å². The van der Waals surface area contributed by atoms with Crippen LogP contribution in [0.25, 0.3) is 0 Å². The standard InChI is InChI=1S/C20H24N2O4/c1-2-11-21-13-20(19(25)26)14-22(12-16(20)18(21)24)17(23)10-6-9-15-7-4-3-5-8-15/h2-5,7-8,16H,1,6,9-14H2,(H,25,26)/t16-,20+/m0/s1. The van der Waals surface area contributed by atoms with Gasteiger partial charge in [-0.15, -0.1) is 6.58 Å². The smallest absolute Gasteiger partial charge is 0.314 e. The lowest BCUT2D eigenvalue weighted by Gasteiger charge is -2.24. The Hall–Kier alpha value is -2.63. The number of fused-ring (bicyclic) bond motifs is 1. The second-order valence-electron chi connectivity index (χ2n) is 7.13. The molecule has 2 aliphatic rings. The van der Waals surface area contributed by atoms with Crippen LogP contribution in [0.1, 0.15) is 18.4 Å². The van der Waals surface area contributed by atoms with Gasteiger partial charge in [-0.1, -0.05) is 36.4 Å². The Morgan fingerprint density at radius 1 is 1.27 bits per heavy atom. The quantitative estimate of drug-likeness (QED) is 0.752. The van der Waals surface area contributed by atoms with Crippen LogP contribution in [-0.4, -0.2) is 58.9 Å². The number of amides is 2. The molecule has 0 aromatic heterocycles. The maximum absolute atomic E-state index is 12.5. The van der Waals surface area contributed by atoms with Gasteiger partial charge in [-0.2, -0.15) is 0 Å². The number of likely N-dealkylation sites (tertiary alicyclic amines) is 2. The van der Waals surface area contributed by atoms with E-state index in [-0.39, 0.29) is 31.4 Å². The summed E-state index contributed by atoms with van der Waals surface area (Å²) < 4.78 is 0. The summed E-state index contributed by atoms with van der Waals surface area (Å²) in [4.78, 5) is 40.1. The minimum absolute atomic E-state index is 0.0703. The molecule has 2 amide bonds. The normalized spacial score (nSPS) is 24.6. The average molecular weight is 356 g/mol. The molecule has 2 aliphatic heterocycles. The highest BCUT2D eigenvalue weighted by Gasteiger charge is 2.62. The molecule has 6 heteroatoms. The number of aliphatic carboxylic acids is 1. The first-order valence-corrected chi connectivity index (χ1v) is 8.93. The predicted molar refractivity (Wildman–Crippen MR) is 96.3 cm³/mol. The minimum atomic E-state index is -1.19. The molecule has 2 saturated heterocycles. The van der Waals surface area contributed by atoms with Crippen molar-refractivity contribution in [3.05, 3.63) is 48.6 Å². The van der Waals surface area contributed by atoms with Gasteiger partial charge in [-0.05, 0) is 18.4 Å². The Labute approximate surface area is 153 Å². The molecule has 1 aromatic carbocycles. The van der Waals surface area contributed by atoms with Crippen molar-refractivity contribution >= 4 is 17.8 Å². The van der Waals surface area contributed by atoms with E-state index >= 15 is 0 Å². The van der Waals surface area contributed by atoms with Crippen LogP contribution in [0.3, 0.4) is 0 Å². The fraction of sp³-hybridized carbons (Fsp3) is 0.450. The topological polar surface area (TPSA) is 77.9 Å². The number of aryl methyl sites for hydroxylation is 1. The molecule has 0 radical (unpaired) electrons. The number of hydrogen-bond donors (Lipinski definition) is 1. The van der Waals surface area contributed by atoms with Gasteiger partial charge in [0.2, 0.25) is 11.8 Å². The van der Waals surface area contributed by atoms with E-state index < -0.39 is 17.3 Å². The van der Waals surface area contributed by atoms with Crippen molar-refractivity contribution in [3.8, 4) is 0 Å². The van der Waals surface area contributed by atoms with Gasteiger partial charge < -0.3 is 14.9 Å². The maximum atomic E-state index is 12.5. The first kappa shape index (κ1) is 18.2. The van der Waals surface area contributed by atoms with Crippen LogP contribution >= 0.6 is 0 Å². The molecule has 1 aromatic rings. The molecular weight excluding hydrogens is 332 g/mol. The minimum Gasteiger partial charge on any atom is -0.481 e. The van der Waals surface area contributed by atoms with Crippen LogP contribution in [-0.2, 0) is 20.8 Å². The highest BCUT2D eigenvalue weighted by molar-refractivity contribution is 5.94. The van der Waals surface area contributed by atoms with Gasteiger partial charge in [0.15, 0.2) is 0 Å². The van der Waals surface area contributed by atoms with Crippen molar-refractivity contribution in [2.24, 2.45) is 11.3 Å². The van der Waals surface area contributed by atoms with Crippen molar-refractivity contribution in [3.63, 3.8) is 0 Å². The van der Waals surface area contributed by atoms with Crippen molar-refractivity contribution in [2.75, 3.05) is 26.2 Å². The Bertz CT molecular complexity index is 718. The van der Waals surface area contributed by atoms with Crippen LogP contribution in [0.2, 0.25) is 0 Å². The molecule has 2 atom stereocenters. The van der Waals surface area contributed by atoms with E-state index in [1.165, 1.54) is 10.5 Å². The fourth-order valence-corrected chi connectivity index (χ4v) is 4.06. The average Bonchev–Trinajstić information content (AvgIpc) is 3.13. The fourth-order valence-electron chi connectivity index (χ4n) is 4.06. The molecule has 2 fully saturated rings. The molecule has 1 N–H and O–H groups in total. The molecule has 26 heavy (non-hydrogen) atoms. The SMILES string of the molecule is C=CCN1C[C@@]2(C(=O)O)CN(C(=O)CCCc3ccccc3)C[C@H]2C1=O. The summed E-state index contributed by atoms with van der Waals surface area (Å²) in [5.41, 5.74) is -0.00863. The molecular formula is C20H24N2O4. The van der Waals surface area contributed by atoms with Gasteiger partial charge in [0.25, 0.3) is 0 Å². The first-order valence-electron chi connectivity index (χ1n) is 8.93. The number of nitrogens with zero attached hydrogens (tertiary/aromatic N) is 2. The zero-order valence-electron chi connectivity index (χ0n) is 14.8. The second kappa shape index (κ2) is 7.32. The van der Waals surface area contributed by atoms with Crippen LogP contribution < -0.4 is 0 Å². The summed E-state index contributed by atoms with van der Waals surface area (Å²) in [5.74, 6) is -1.91. The van der Waals surface area contributed by atoms with E-state index in [0.717, 1.165) is 6.42 Å². The number of carboxylic acids is 1. The number of benzene rings is 1. The van der Waals surface area contributed by atoms with E-state index in [1.807, 2.05) is 30.3 Å². The van der Waals surface area contributed by atoms with Gasteiger partial charge >= 0.3 is 5.97 Å². The molecule has 6 nitrogen and oxygen atoms in total. The van der Waals surface area contributed by atoms with E-state index in [9.17, 15) is 19.5 Å². The number of carbonyl (C=O) groups is 3. The molecule has 0 saturated carbocycles. The zero-order valence-corrected chi connectivity index (χ0v) is 14.8. The predicted octanol–water partition coefficient (Wildman–Crippen LogP) is 1.57. The monoisotopic (exact) mass is 356 g/mol. The van der Waals surface area contributed by atoms with Crippen LogP contribution in [0.5, 0.6) is 0 Å². The highest BCUT2D eigenvalue weighted by Crippen LogP contribution is 2.43. The Kier molecular flexibility index (Phi) is 5.11. The molecule has 0 aliphatic carbocycles. The van der Waals surface area contributed by atoms with Crippen molar-refractivity contribution < 1.29 is 19.5 Å². The van der Waals surface area contributed by atoms with Gasteiger partial charge in [0, 0.05) is 32.6 Å². The van der Waals surface area contributed by atoms with Gasteiger partial charge in [-0.3, -0.25) is 14.4 Å². The molecule has 0 spiro atoms. The molecule has 138 valence electrons. The molecule has 2 heterocycles. The molecule has 3 rings (SSSR count). The number of hydrogen-bond acceptors (Lipinski definition) is 3. The van der Waals surface area contributed by atoms with Crippen LogP contribution in [0.15, 0.2) is 43.0 Å². The third-order valence-corrected chi connectivity index (χ3v) is 5.45. The van der Waals surface area contributed by atoms with E-state index in [4.69, 9.17) is 0 Å². The lowest BCUT2D eigenvalue weighted by atomic mass is 9.81. The van der Waals surface area contributed by atoms with E-state index in [2.05, 4.69) is 6.58 Å². The lowest BCUT2D eigenvalue weighted by molar-refractivity contribution is -0.150. The number of carbonyl (C=O) groups excluding carboxylic acids is 2. The van der Waals surface area contributed by atoms with Gasteiger partial charge in [0.1, 0.15) is 5.41 Å². The summed E-state index contributed by atoms with van der Waals surface area (Å²) in [6.45, 7) is 4.41. The third-order valence-electron chi connectivity index (χ3n) is 5.45. The maximum Gasteiger partial charge on any atom is 0.314 e. The summed E-state index contributed by atoms with van der Waals surface area (Å²) in [5, 5.41) is 9.76. The lowest BCUT2D eigenvalue weighted by Crippen LogP contribution is -2.42. The zero-order chi connectivity index (χ0) is 18.7. The summed E-state index contributed by atoms with van der Waals surface area (Å²) in [6.07, 6.45) is 3.48. The Morgan fingerprint density at radius 3 is 2.62 bits per heavy atom. The van der Waals surface area contributed by atoms with Crippen LogP contribution in [0.4, 0.5) is 0 Å². The second-order valence-corrected chi connectivity index (χ2v) is 7.13. The van der Waals surface area contributed by atoms with Crippen molar-refractivity contribution in [1.29, 1.82) is 0 Å². The summed E-state index contributed by atoms with van der Waals surface area (Å²) in [6, 6.07) is 9.94. The highest BCUT2D eigenvalue weighted by atomic mass is 16.4. The number of rotatable bonds is 7. The Morgan fingerprint density at radius 2 is 2.00 bits per heavy atom. The van der Waals surface area contributed by atoms with Crippen molar-refractivity contribution in [2.45, 2.75) is 19.3 Å². The summed E-state index contributed by atoms with van der Waals surface area (Å²) >= 11 is 0. The first-order chi connectivity index (χ1) is 12.5. The molecule has 0 unspecified atom stereocenters. The number of carboxylic acid groups (broad SMARTS) is 1. The van der Waals surface area contributed by atoms with Crippen LogP contribution in [0, 0.1) is 11.3 Å².